The number of benzene rings is 4. The number of likely N-dealkylation sites (tertiary alicyclic amines) is 1. The van der Waals surface area contributed by atoms with Crippen LogP contribution in [0, 0.1) is 10.8 Å². The van der Waals surface area contributed by atoms with E-state index in [1.165, 1.54) is 19.3 Å². The van der Waals surface area contributed by atoms with Crippen LogP contribution < -0.4 is 4.72 Å². The van der Waals surface area contributed by atoms with E-state index in [9.17, 15) is 13.5 Å². The van der Waals surface area contributed by atoms with Crippen LogP contribution >= 0.6 is 0 Å². The molecule has 2 saturated heterocycles. The molecule has 1 aliphatic carbocycles. The molecule has 3 fully saturated rings. The van der Waals surface area contributed by atoms with Gasteiger partial charge in [-0.1, -0.05) is 99.6 Å². The maximum atomic E-state index is 12.8. The van der Waals surface area contributed by atoms with Gasteiger partial charge in [-0.25, -0.2) is 13.1 Å². The van der Waals surface area contributed by atoms with Crippen LogP contribution in [0.5, 0.6) is 0 Å². The average Bonchev–Trinajstić information content (AvgIpc) is 3.34. The van der Waals surface area contributed by atoms with Gasteiger partial charge in [0.15, 0.2) is 6.29 Å². The van der Waals surface area contributed by atoms with Crippen LogP contribution in [0.15, 0.2) is 108 Å². The lowest BCUT2D eigenvalue weighted by Gasteiger charge is -2.41. The molecule has 3 aliphatic rings. The van der Waals surface area contributed by atoms with Gasteiger partial charge < -0.3 is 14.6 Å². The predicted octanol–water partition coefficient (Wildman–Crippen LogP) is 7.77. The molecular formula is C41H48N2O5S. The van der Waals surface area contributed by atoms with E-state index in [4.69, 9.17) is 9.47 Å². The monoisotopic (exact) mass is 680 g/mol. The summed E-state index contributed by atoms with van der Waals surface area (Å²) in [5, 5.41) is 9.63. The highest BCUT2D eigenvalue weighted by atomic mass is 32.2. The van der Waals surface area contributed by atoms with Crippen LogP contribution in [0.25, 0.3) is 11.1 Å². The summed E-state index contributed by atoms with van der Waals surface area (Å²) in [5.74, 6) is 0. The van der Waals surface area contributed by atoms with E-state index >= 15 is 0 Å². The van der Waals surface area contributed by atoms with Crippen molar-refractivity contribution >= 4 is 10.0 Å². The number of ether oxygens (including phenoxy) is 2. The lowest BCUT2D eigenvalue weighted by atomic mass is 9.65. The standard InChI is InChI=1S/C41H48N2O5S/c1-40(2)22-35-23-41(3,27-40)28-43(35)25-36-21-38(31-17-15-29(26-44)16-18-31)48-39(47-36)34-12-8-11-33(20-34)32-10-7-9-30(19-32)24-42-49(45,46)37-13-5-4-6-14-37/h4-20,35-36,38-39,42,44H,21-28H2,1-3H3/t35?,36-,38+,39+,41?/m0/s1. The van der Waals surface area contributed by atoms with Gasteiger partial charge in [-0.05, 0) is 82.2 Å². The molecule has 2 aliphatic heterocycles. The Hall–Kier alpha value is -3.37. The number of hydrogen-bond acceptors (Lipinski definition) is 6. The summed E-state index contributed by atoms with van der Waals surface area (Å²) < 4.78 is 41.9. The van der Waals surface area contributed by atoms with Crippen LogP contribution in [-0.2, 0) is 32.6 Å². The zero-order chi connectivity index (χ0) is 34.2. The summed E-state index contributed by atoms with van der Waals surface area (Å²) in [6, 6.07) is 33.3. The summed E-state index contributed by atoms with van der Waals surface area (Å²) in [4.78, 5) is 2.93. The molecule has 0 amide bonds. The van der Waals surface area contributed by atoms with Gasteiger partial charge >= 0.3 is 0 Å². The molecule has 5 atom stereocenters. The Labute approximate surface area is 291 Å². The SMILES string of the molecule is CC1(C)CC2CC(C)(CN2C[C@@H]2C[C@H](c3ccc(CO)cc3)O[C@H](c3cccc(-c4cccc(CNS(=O)(=O)c5ccccc5)c4)c3)O2)C1. The van der Waals surface area contributed by atoms with Gasteiger partial charge in [-0.15, -0.1) is 0 Å². The molecular weight excluding hydrogens is 633 g/mol. The van der Waals surface area contributed by atoms with E-state index in [2.05, 4.69) is 60.7 Å². The Morgan fingerprint density at radius 3 is 2.31 bits per heavy atom. The molecule has 8 heteroatoms. The number of sulfonamides is 1. The topological polar surface area (TPSA) is 88.1 Å². The van der Waals surface area contributed by atoms with Crippen molar-refractivity contribution in [3.63, 3.8) is 0 Å². The van der Waals surface area contributed by atoms with Crippen molar-refractivity contribution in [1.82, 2.24) is 9.62 Å². The Morgan fingerprint density at radius 2 is 1.55 bits per heavy atom. The van der Waals surface area contributed by atoms with E-state index in [1.54, 1.807) is 30.3 Å². The summed E-state index contributed by atoms with van der Waals surface area (Å²) in [6.45, 7) is 9.47. The number of nitrogens with zero attached hydrogens (tertiary/aromatic N) is 1. The fourth-order valence-corrected chi connectivity index (χ4v) is 9.71. The van der Waals surface area contributed by atoms with Crippen molar-refractivity contribution in [3.8, 4) is 11.1 Å². The Bertz CT molecular complexity index is 1860. The molecule has 0 aromatic heterocycles. The molecule has 4 aromatic carbocycles. The molecule has 0 radical (unpaired) electrons. The highest BCUT2D eigenvalue weighted by molar-refractivity contribution is 7.89. The normalized spacial score (nSPS) is 26.9. The minimum absolute atomic E-state index is 0.00282. The lowest BCUT2D eigenvalue weighted by Crippen LogP contribution is -2.42. The van der Waals surface area contributed by atoms with Gasteiger partial charge in [0.05, 0.1) is 23.7 Å². The first-order valence-electron chi connectivity index (χ1n) is 17.5. The second-order valence-corrected chi connectivity index (χ2v) is 17.2. The second-order valence-electron chi connectivity index (χ2n) is 15.5. The highest BCUT2D eigenvalue weighted by Crippen LogP contribution is 2.53. The number of aliphatic hydroxyl groups excluding tert-OH is 1. The molecule has 1 saturated carbocycles. The molecule has 2 N–H and O–H groups in total. The van der Waals surface area contributed by atoms with Crippen molar-refractivity contribution in [1.29, 1.82) is 0 Å². The van der Waals surface area contributed by atoms with Gasteiger partial charge in [0, 0.05) is 37.7 Å². The average molecular weight is 681 g/mol. The first-order valence-corrected chi connectivity index (χ1v) is 18.9. The summed E-state index contributed by atoms with van der Waals surface area (Å²) in [7, 11) is -3.62. The van der Waals surface area contributed by atoms with E-state index < -0.39 is 16.3 Å². The van der Waals surface area contributed by atoms with E-state index in [-0.39, 0.29) is 30.3 Å². The Morgan fingerprint density at radius 1 is 0.816 bits per heavy atom. The van der Waals surface area contributed by atoms with Crippen LogP contribution in [0.1, 0.15) is 81.1 Å². The number of hydrogen-bond donors (Lipinski definition) is 2. The maximum absolute atomic E-state index is 12.8. The Kier molecular flexibility index (Phi) is 9.56. The van der Waals surface area contributed by atoms with Gasteiger partial charge in [-0.2, -0.15) is 0 Å². The first-order chi connectivity index (χ1) is 23.5. The molecule has 2 unspecified atom stereocenters. The van der Waals surface area contributed by atoms with Gasteiger partial charge in [0.2, 0.25) is 10.0 Å². The molecule has 2 heterocycles. The van der Waals surface area contributed by atoms with Crippen LogP contribution in [-0.4, -0.2) is 43.7 Å². The third-order valence-electron chi connectivity index (χ3n) is 10.5. The van der Waals surface area contributed by atoms with Crippen molar-refractivity contribution in [2.45, 2.75) is 89.0 Å². The quantitative estimate of drug-likeness (QED) is 0.178. The van der Waals surface area contributed by atoms with Crippen molar-refractivity contribution < 1.29 is 23.0 Å². The molecule has 7 rings (SSSR count). The zero-order valence-corrected chi connectivity index (χ0v) is 29.5. The molecule has 7 nitrogen and oxygen atoms in total. The predicted molar refractivity (Wildman–Crippen MR) is 192 cm³/mol. The molecule has 258 valence electrons. The third-order valence-corrected chi connectivity index (χ3v) is 11.9. The Balaban J connectivity index is 1.11. The van der Waals surface area contributed by atoms with E-state index in [1.807, 2.05) is 42.5 Å². The van der Waals surface area contributed by atoms with Gasteiger partial charge in [0.25, 0.3) is 0 Å². The summed E-state index contributed by atoms with van der Waals surface area (Å²) in [6.07, 6.45) is 3.80. The largest absolute Gasteiger partial charge is 0.392 e. The fraction of sp³-hybridized carbons (Fsp3) is 0.415. The highest BCUT2D eigenvalue weighted by Gasteiger charge is 2.50. The van der Waals surface area contributed by atoms with Crippen LogP contribution in [0.3, 0.4) is 0 Å². The van der Waals surface area contributed by atoms with Crippen molar-refractivity contribution in [2.24, 2.45) is 10.8 Å². The molecule has 4 aromatic rings. The van der Waals surface area contributed by atoms with E-state index in [0.717, 1.165) is 52.9 Å². The van der Waals surface area contributed by atoms with Gasteiger partial charge in [-0.3, -0.25) is 4.90 Å². The molecule has 0 spiro atoms. The summed E-state index contributed by atoms with van der Waals surface area (Å²) in [5.41, 5.74) is 6.48. The smallest absolute Gasteiger partial charge is 0.240 e. The van der Waals surface area contributed by atoms with Crippen molar-refractivity contribution in [3.05, 3.63) is 125 Å². The minimum Gasteiger partial charge on any atom is -0.392 e. The van der Waals surface area contributed by atoms with Gasteiger partial charge in [0.1, 0.15) is 0 Å². The first kappa shape index (κ1) is 34.1. The number of nitrogens with one attached hydrogen (secondary N) is 1. The minimum atomic E-state index is -3.62. The lowest BCUT2D eigenvalue weighted by molar-refractivity contribution is -0.253. The van der Waals surface area contributed by atoms with E-state index in [0.29, 0.717) is 16.9 Å². The molecule has 2 bridgehead atoms. The molecule has 49 heavy (non-hydrogen) atoms. The fourth-order valence-electron chi connectivity index (χ4n) is 8.67. The zero-order valence-electron chi connectivity index (χ0n) is 28.7. The second kappa shape index (κ2) is 13.7. The number of aliphatic hydroxyl groups is 1. The van der Waals surface area contributed by atoms with Crippen LogP contribution in [0.4, 0.5) is 0 Å². The third kappa shape index (κ3) is 7.85. The number of fused-ring (bicyclic) bond motifs is 2. The maximum Gasteiger partial charge on any atom is 0.240 e. The number of rotatable bonds is 10. The van der Waals surface area contributed by atoms with Crippen LogP contribution in [0.2, 0.25) is 0 Å². The summed E-state index contributed by atoms with van der Waals surface area (Å²) >= 11 is 0. The van der Waals surface area contributed by atoms with Crippen molar-refractivity contribution in [2.75, 3.05) is 13.1 Å².